The van der Waals surface area contributed by atoms with Crippen molar-refractivity contribution >= 4 is 11.0 Å². The van der Waals surface area contributed by atoms with Crippen LogP contribution in [0, 0.1) is 6.92 Å². The zero-order valence-electron chi connectivity index (χ0n) is 13.1. The first-order valence-electron chi connectivity index (χ1n) is 7.99. The fourth-order valence-electron chi connectivity index (χ4n) is 2.72. The van der Waals surface area contributed by atoms with Gasteiger partial charge < -0.3 is 9.88 Å². The Labute approximate surface area is 132 Å². The van der Waals surface area contributed by atoms with Crippen LogP contribution in [0.25, 0.3) is 11.0 Å². The van der Waals surface area contributed by atoms with Crippen LogP contribution >= 0.6 is 0 Å². The maximum absolute atomic E-state index is 4.46. The Hall–Kier alpha value is -2.13. The highest BCUT2D eigenvalue weighted by molar-refractivity contribution is 5.75. The summed E-state index contributed by atoms with van der Waals surface area (Å²) in [5.74, 6) is 0. The lowest BCUT2D eigenvalue weighted by Crippen LogP contribution is -2.19. The highest BCUT2D eigenvalue weighted by Gasteiger charge is 2.02. The van der Waals surface area contributed by atoms with Gasteiger partial charge in [0.15, 0.2) is 0 Å². The van der Waals surface area contributed by atoms with Gasteiger partial charge >= 0.3 is 0 Å². The van der Waals surface area contributed by atoms with Crippen LogP contribution in [-0.2, 0) is 13.0 Å². The van der Waals surface area contributed by atoms with Gasteiger partial charge in [-0.05, 0) is 56.1 Å². The number of hydrogen-bond acceptors (Lipinski definition) is 2. The molecule has 0 atom stereocenters. The highest BCUT2D eigenvalue weighted by Crippen LogP contribution is 2.14. The summed E-state index contributed by atoms with van der Waals surface area (Å²) < 4.78 is 2.25. The predicted molar refractivity (Wildman–Crippen MR) is 92.1 cm³/mol. The Balaban J connectivity index is 1.42. The first kappa shape index (κ1) is 14.8. The van der Waals surface area contributed by atoms with Crippen molar-refractivity contribution < 1.29 is 0 Å². The van der Waals surface area contributed by atoms with Gasteiger partial charge in [0.05, 0.1) is 17.4 Å². The van der Waals surface area contributed by atoms with Crippen LogP contribution in [-0.4, -0.2) is 22.6 Å². The third-order valence-electron chi connectivity index (χ3n) is 3.96. The van der Waals surface area contributed by atoms with Crippen LogP contribution < -0.4 is 5.32 Å². The summed E-state index contributed by atoms with van der Waals surface area (Å²) in [4.78, 5) is 4.46. The van der Waals surface area contributed by atoms with E-state index in [9.17, 15) is 0 Å². The molecule has 0 saturated heterocycles. The second-order valence-corrected chi connectivity index (χ2v) is 5.77. The molecular weight excluding hydrogens is 270 g/mol. The van der Waals surface area contributed by atoms with E-state index in [1.165, 1.54) is 16.6 Å². The zero-order valence-corrected chi connectivity index (χ0v) is 13.1. The van der Waals surface area contributed by atoms with Crippen molar-refractivity contribution in [2.24, 2.45) is 0 Å². The summed E-state index contributed by atoms with van der Waals surface area (Å²) in [6, 6.07) is 17.1. The van der Waals surface area contributed by atoms with E-state index in [2.05, 4.69) is 70.3 Å². The van der Waals surface area contributed by atoms with E-state index in [-0.39, 0.29) is 0 Å². The Morgan fingerprint density at radius 2 is 1.91 bits per heavy atom. The SMILES string of the molecule is Cc1ccc2ncn(CCCNCCc3ccccc3)c2c1. The molecular formula is C19H23N3. The predicted octanol–water partition coefficient (Wildman–Crippen LogP) is 3.57. The Bertz CT molecular complexity index is 716. The molecule has 3 heteroatoms. The monoisotopic (exact) mass is 293 g/mol. The molecule has 0 spiro atoms. The van der Waals surface area contributed by atoms with Crippen LogP contribution in [0.3, 0.4) is 0 Å². The topological polar surface area (TPSA) is 29.9 Å². The standard InChI is InChI=1S/C19H23N3/c1-16-8-9-18-19(14-16)22(15-21-18)13-5-11-20-12-10-17-6-3-2-4-7-17/h2-4,6-9,14-15,20H,5,10-13H2,1H3. The fourth-order valence-corrected chi connectivity index (χ4v) is 2.72. The lowest BCUT2D eigenvalue weighted by molar-refractivity contribution is 0.589. The first-order valence-corrected chi connectivity index (χ1v) is 7.99. The van der Waals surface area contributed by atoms with Crippen LogP contribution in [0.15, 0.2) is 54.9 Å². The summed E-state index contributed by atoms with van der Waals surface area (Å²) >= 11 is 0. The average molecular weight is 293 g/mol. The number of aryl methyl sites for hydroxylation is 2. The van der Waals surface area contributed by atoms with Gasteiger partial charge in [0, 0.05) is 6.54 Å². The van der Waals surface area contributed by atoms with Gasteiger partial charge in [0.25, 0.3) is 0 Å². The minimum absolute atomic E-state index is 1.01. The molecule has 1 aromatic heterocycles. The number of nitrogens with one attached hydrogen (secondary N) is 1. The van der Waals surface area contributed by atoms with E-state index in [0.29, 0.717) is 0 Å². The molecule has 0 fully saturated rings. The molecule has 0 amide bonds. The number of imidazole rings is 1. The van der Waals surface area contributed by atoms with E-state index < -0.39 is 0 Å². The summed E-state index contributed by atoms with van der Waals surface area (Å²) in [5, 5.41) is 3.52. The molecule has 2 aromatic carbocycles. The highest BCUT2D eigenvalue weighted by atomic mass is 15.0. The van der Waals surface area contributed by atoms with Crippen molar-refractivity contribution in [3.63, 3.8) is 0 Å². The van der Waals surface area contributed by atoms with E-state index in [4.69, 9.17) is 0 Å². The van der Waals surface area contributed by atoms with Crippen molar-refractivity contribution in [1.29, 1.82) is 0 Å². The van der Waals surface area contributed by atoms with Gasteiger partial charge in [0.1, 0.15) is 0 Å². The summed E-state index contributed by atoms with van der Waals surface area (Å²) in [6.45, 7) is 5.21. The number of fused-ring (bicyclic) bond motifs is 1. The minimum Gasteiger partial charge on any atom is -0.331 e. The second-order valence-electron chi connectivity index (χ2n) is 5.77. The molecule has 3 rings (SSSR count). The van der Waals surface area contributed by atoms with Crippen molar-refractivity contribution in [3.8, 4) is 0 Å². The Morgan fingerprint density at radius 1 is 1.05 bits per heavy atom. The number of aromatic nitrogens is 2. The van der Waals surface area contributed by atoms with Crippen molar-refractivity contribution in [2.75, 3.05) is 13.1 Å². The number of nitrogens with zero attached hydrogens (tertiary/aromatic N) is 2. The van der Waals surface area contributed by atoms with Gasteiger partial charge in [-0.1, -0.05) is 36.4 Å². The zero-order chi connectivity index (χ0) is 15.2. The minimum atomic E-state index is 1.01. The molecule has 0 bridgehead atoms. The Kier molecular flexibility index (Phi) is 4.86. The second kappa shape index (κ2) is 7.23. The van der Waals surface area contributed by atoms with Crippen molar-refractivity contribution in [2.45, 2.75) is 26.3 Å². The third-order valence-corrected chi connectivity index (χ3v) is 3.96. The third kappa shape index (κ3) is 3.74. The van der Waals surface area contributed by atoms with Crippen LogP contribution in [0.4, 0.5) is 0 Å². The summed E-state index contributed by atoms with van der Waals surface area (Å²) in [6.07, 6.45) is 4.16. The molecule has 3 aromatic rings. The molecule has 0 aliphatic carbocycles. The maximum Gasteiger partial charge on any atom is 0.0958 e. The lowest BCUT2D eigenvalue weighted by Gasteiger charge is -2.07. The molecule has 3 nitrogen and oxygen atoms in total. The molecule has 0 unspecified atom stereocenters. The van der Waals surface area contributed by atoms with E-state index in [0.717, 1.165) is 38.0 Å². The van der Waals surface area contributed by atoms with Gasteiger partial charge in [-0.25, -0.2) is 4.98 Å². The number of benzene rings is 2. The molecule has 0 radical (unpaired) electrons. The average Bonchev–Trinajstić information content (AvgIpc) is 2.94. The first-order chi connectivity index (χ1) is 10.8. The summed E-state index contributed by atoms with van der Waals surface area (Å²) in [5.41, 5.74) is 5.01. The number of rotatable bonds is 7. The quantitative estimate of drug-likeness (QED) is 0.675. The molecule has 1 heterocycles. The molecule has 22 heavy (non-hydrogen) atoms. The molecule has 0 aliphatic heterocycles. The van der Waals surface area contributed by atoms with Gasteiger partial charge in [-0.3, -0.25) is 0 Å². The molecule has 0 aliphatic rings. The summed E-state index contributed by atoms with van der Waals surface area (Å²) in [7, 11) is 0. The molecule has 114 valence electrons. The lowest BCUT2D eigenvalue weighted by atomic mass is 10.1. The van der Waals surface area contributed by atoms with Crippen molar-refractivity contribution in [1.82, 2.24) is 14.9 Å². The molecule has 1 N–H and O–H groups in total. The number of hydrogen-bond donors (Lipinski definition) is 1. The smallest absolute Gasteiger partial charge is 0.0958 e. The Morgan fingerprint density at radius 3 is 2.77 bits per heavy atom. The largest absolute Gasteiger partial charge is 0.331 e. The van der Waals surface area contributed by atoms with Crippen molar-refractivity contribution in [3.05, 3.63) is 66.0 Å². The van der Waals surface area contributed by atoms with Crippen LogP contribution in [0.5, 0.6) is 0 Å². The normalized spacial score (nSPS) is 11.1. The van der Waals surface area contributed by atoms with Gasteiger partial charge in [-0.2, -0.15) is 0 Å². The van der Waals surface area contributed by atoms with Gasteiger partial charge in [0.2, 0.25) is 0 Å². The molecule has 0 saturated carbocycles. The van der Waals surface area contributed by atoms with E-state index >= 15 is 0 Å². The fraction of sp³-hybridized carbons (Fsp3) is 0.316. The maximum atomic E-state index is 4.46. The van der Waals surface area contributed by atoms with E-state index in [1.807, 2.05) is 6.33 Å². The van der Waals surface area contributed by atoms with E-state index in [1.54, 1.807) is 0 Å². The van der Waals surface area contributed by atoms with Crippen LogP contribution in [0.2, 0.25) is 0 Å². The van der Waals surface area contributed by atoms with Gasteiger partial charge in [-0.15, -0.1) is 0 Å². The van der Waals surface area contributed by atoms with Crippen LogP contribution in [0.1, 0.15) is 17.5 Å².